The first kappa shape index (κ1) is 15.4. The molecule has 0 aliphatic heterocycles. The van der Waals surface area contributed by atoms with Crippen LogP contribution in [0.3, 0.4) is 0 Å². The van der Waals surface area contributed by atoms with E-state index in [0.29, 0.717) is 24.7 Å². The number of nitrogens with zero attached hydrogens (tertiary/aromatic N) is 2. The number of aromatic nitrogens is 2. The zero-order valence-electron chi connectivity index (χ0n) is 11.8. The topological polar surface area (TPSA) is 84.3 Å². The number of aryl methyl sites for hydroxylation is 1. The van der Waals surface area contributed by atoms with Gasteiger partial charge in [-0.05, 0) is 19.3 Å². The summed E-state index contributed by atoms with van der Waals surface area (Å²) in [4.78, 5) is 19.7. The molecule has 1 rings (SSSR count). The summed E-state index contributed by atoms with van der Waals surface area (Å²) in [5, 5.41) is 12.1. The fraction of sp³-hybridized carbons (Fsp3) is 0.615. The first-order valence-electron chi connectivity index (χ1n) is 6.25. The highest BCUT2D eigenvalue weighted by atomic mass is 16.5. The normalized spacial score (nSPS) is 12.5. The van der Waals surface area contributed by atoms with Gasteiger partial charge in [-0.1, -0.05) is 13.8 Å². The molecule has 2 N–H and O–H groups in total. The van der Waals surface area contributed by atoms with Crippen molar-refractivity contribution in [3.05, 3.63) is 17.6 Å². The zero-order valence-corrected chi connectivity index (χ0v) is 11.8. The van der Waals surface area contributed by atoms with Gasteiger partial charge in [0.05, 0.1) is 0 Å². The van der Waals surface area contributed by atoms with Crippen molar-refractivity contribution >= 4 is 11.8 Å². The van der Waals surface area contributed by atoms with Crippen LogP contribution in [0.15, 0.2) is 6.07 Å². The van der Waals surface area contributed by atoms with Gasteiger partial charge in [0.2, 0.25) is 0 Å². The van der Waals surface area contributed by atoms with Gasteiger partial charge in [-0.2, -0.15) is 0 Å². The molecule has 6 nitrogen and oxygen atoms in total. The van der Waals surface area contributed by atoms with E-state index in [2.05, 4.69) is 15.3 Å². The van der Waals surface area contributed by atoms with Crippen LogP contribution in [0.4, 0.5) is 5.82 Å². The van der Waals surface area contributed by atoms with E-state index in [4.69, 9.17) is 4.74 Å². The molecule has 0 aromatic carbocycles. The van der Waals surface area contributed by atoms with Crippen LogP contribution in [0.25, 0.3) is 0 Å². The Balaban J connectivity index is 2.86. The van der Waals surface area contributed by atoms with Crippen LogP contribution in [0.1, 0.15) is 31.8 Å². The number of anilines is 1. The van der Waals surface area contributed by atoms with Gasteiger partial charge in [0.25, 0.3) is 0 Å². The Hall–Kier alpha value is -1.69. The van der Waals surface area contributed by atoms with Crippen molar-refractivity contribution < 1.29 is 14.6 Å². The van der Waals surface area contributed by atoms with Crippen molar-refractivity contribution in [2.75, 3.05) is 12.4 Å². The Morgan fingerprint density at radius 1 is 1.47 bits per heavy atom. The second-order valence-electron chi connectivity index (χ2n) is 4.91. The molecule has 0 bridgehead atoms. The maximum atomic E-state index is 11.2. The lowest BCUT2D eigenvalue weighted by Gasteiger charge is -2.17. The summed E-state index contributed by atoms with van der Waals surface area (Å²) in [6, 6.07) is 1.08. The molecule has 1 aromatic heterocycles. The molecule has 0 unspecified atom stereocenters. The van der Waals surface area contributed by atoms with E-state index in [-0.39, 0.29) is 5.92 Å². The molecule has 0 aliphatic carbocycles. The number of carboxylic acid groups (broad SMARTS) is 1. The number of ether oxygens (including phenoxy) is 1. The van der Waals surface area contributed by atoms with E-state index in [1.807, 2.05) is 20.8 Å². The molecule has 0 saturated heterocycles. The van der Waals surface area contributed by atoms with E-state index in [9.17, 15) is 9.90 Å². The molecule has 0 radical (unpaired) electrons. The van der Waals surface area contributed by atoms with Gasteiger partial charge in [0.1, 0.15) is 18.5 Å². The predicted octanol–water partition coefficient (Wildman–Crippen LogP) is 1.84. The standard InChI is InChI=1S/C13H21N3O3/c1-8(2)5-10(13(17)18)15-11-6-9(3)14-12(16-11)7-19-4/h6,8,10H,5,7H2,1-4H3,(H,17,18)(H,14,15,16)/t10-/m1/s1. The Labute approximate surface area is 113 Å². The lowest BCUT2D eigenvalue weighted by molar-refractivity contribution is -0.138. The van der Waals surface area contributed by atoms with Crippen molar-refractivity contribution in [3.63, 3.8) is 0 Å². The molecule has 1 atom stereocenters. The van der Waals surface area contributed by atoms with Crippen LogP contribution < -0.4 is 5.32 Å². The molecule has 1 aromatic rings. The Morgan fingerprint density at radius 2 is 2.16 bits per heavy atom. The van der Waals surface area contributed by atoms with Crippen LogP contribution in [0, 0.1) is 12.8 Å². The van der Waals surface area contributed by atoms with Crippen molar-refractivity contribution in [2.45, 2.75) is 39.8 Å². The van der Waals surface area contributed by atoms with Gasteiger partial charge in [-0.15, -0.1) is 0 Å². The highest BCUT2D eigenvalue weighted by molar-refractivity contribution is 5.76. The second-order valence-corrected chi connectivity index (χ2v) is 4.91. The molecule has 1 heterocycles. The molecule has 0 spiro atoms. The number of nitrogens with one attached hydrogen (secondary N) is 1. The molecule has 0 fully saturated rings. The summed E-state index contributed by atoms with van der Waals surface area (Å²) in [6.45, 7) is 6.11. The zero-order chi connectivity index (χ0) is 14.4. The van der Waals surface area contributed by atoms with E-state index < -0.39 is 12.0 Å². The smallest absolute Gasteiger partial charge is 0.326 e. The first-order chi connectivity index (χ1) is 8.92. The highest BCUT2D eigenvalue weighted by Gasteiger charge is 2.19. The van der Waals surface area contributed by atoms with Crippen LogP contribution in [0.5, 0.6) is 0 Å². The summed E-state index contributed by atoms with van der Waals surface area (Å²) < 4.78 is 4.99. The number of carbonyl (C=O) groups is 1. The molecule has 0 saturated carbocycles. The quantitative estimate of drug-likeness (QED) is 0.784. The minimum atomic E-state index is -0.877. The second kappa shape index (κ2) is 7.04. The van der Waals surface area contributed by atoms with Gasteiger partial charge in [0.15, 0.2) is 5.82 Å². The van der Waals surface area contributed by atoms with E-state index in [1.54, 1.807) is 13.2 Å². The fourth-order valence-corrected chi connectivity index (χ4v) is 1.77. The third-order valence-electron chi connectivity index (χ3n) is 2.50. The monoisotopic (exact) mass is 267 g/mol. The highest BCUT2D eigenvalue weighted by Crippen LogP contribution is 2.13. The van der Waals surface area contributed by atoms with E-state index in [0.717, 1.165) is 5.69 Å². The van der Waals surface area contributed by atoms with Crippen molar-refractivity contribution in [3.8, 4) is 0 Å². The minimum Gasteiger partial charge on any atom is -0.480 e. The third-order valence-corrected chi connectivity index (χ3v) is 2.50. The Morgan fingerprint density at radius 3 is 2.68 bits per heavy atom. The molecular weight excluding hydrogens is 246 g/mol. The average molecular weight is 267 g/mol. The molecule has 6 heteroatoms. The lowest BCUT2D eigenvalue weighted by atomic mass is 10.0. The number of rotatable bonds is 7. The van der Waals surface area contributed by atoms with Gasteiger partial charge in [-0.25, -0.2) is 14.8 Å². The average Bonchev–Trinajstić information content (AvgIpc) is 2.27. The first-order valence-corrected chi connectivity index (χ1v) is 6.25. The van der Waals surface area contributed by atoms with Crippen molar-refractivity contribution in [1.82, 2.24) is 9.97 Å². The van der Waals surface area contributed by atoms with Crippen LogP contribution in [-0.2, 0) is 16.1 Å². The Bertz CT molecular complexity index is 435. The minimum absolute atomic E-state index is 0.287. The van der Waals surface area contributed by atoms with E-state index >= 15 is 0 Å². The van der Waals surface area contributed by atoms with Crippen molar-refractivity contribution in [1.29, 1.82) is 0 Å². The van der Waals surface area contributed by atoms with Crippen LogP contribution in [-0.4, -0.2) is 34.2 Å². The molecule has 0 amide bonds. The molecule has 19 heavy (non-hydrogen) atoms. The maximum Gasteiger partial charge on any atom is 0.326 e. The fourth-order valence-electron chi connectivity index (χ4n) is 1.77. The van der Waals surface area contributed by atoms with Crippen LogP contribution >= 0.6 is 0 Å². The molecular formula is C13H21N3O3. The van der Waals surface area contributed by atoms with Gasteiger partial charge < -0.3 is 15.2 Å². The van der Waals surface area contributed by atoms with Crippen LogP contribution in [0.2, 0.25) is 0 Å². The lowest BCUT2D eigenvalue weighted by Crippen LogP contribution is -2.31. The Kier molecular flexibility index (Phi) is 5.69. The maximum absolute atomic E-state index is 11.2. The number of aliphatic carboxylic acids is 1. The van der Waals surface area contributed by atoms with Gasteiger partial charge in [-0.3, -0.25) is 0 Å². The molecule has 106 valence electrons. The van der Waals surface area contributed by atoms with Gasteiger partial charge >= 0.3 is 5.97 Å². The predicted molar refractivity (Wildman–Crippen MR) is 72.0 cm³/mol. The molecule has 0 aliphatic rings. The summed E-state index contributed by atoms with van der Waals surface area (Å²) in [5.41, 5.74) is 0.776. The van der Waals surface area contributed by atoms with E-state index in [1.165, 1.54) is 0 Å². The third kappa shape index (κ3) is 5.21. The number of hydrogen-bond donors (Lipinski definition) is 2. The summed E-state index contributed by atoms with van der Waals surface area (Å²) in [6.07, 6.45) is 0.540. The summed E-state index contributed by atoms with van der Waals surface area (Å²) in [5.74, 6) is 0.472. The summed E-state index contributed by atoms with van der Waals surface area (Å²) in [7, 11) is 1.57. The SMILES string of the molecule is COCc1nc(C)cc(N[C@H](CC(C)C)C(=O)O)n1. The number of methoxy groups -OCH3 is 1. The summed E-state index contributed by atoms with van der Waals surface area (Å²) >= 11 is 0. The number of carboxylic acids is 1. The largest absolute Gasteiger partial charge is 0.480 e. The van der Waals surface area contributed by atoms with Crippen molar-refractivity contribution in [2.24, 2.45) is 5.92 Å². The number of hydrogen-bond acceptors (Lipinski definition) is 5. The van der Waals surface area contributed by atoms with Gasteiger partial charge in [0, 0.05) is 18.9 Å².